The summed E-state index contributed by atoms with van der Waals surface area (Å²) in [6.07, 6.45) is 10.8. The Hall–Kier alpha value is -1.25. The minimum absolute atomic E-state index is 0.0819. The minimum atomic E-state index is -0.0819. The second-order valence-corrected chi connectivity index (χ2v) is 4.64. The molecule has 0 amide bonds. The molecular weight excluding hydrogens is 214 g/mol. The molecule has 3 heteroatoms. The van der Waals surface area contributed by atoms with Gasteiger partial charge in [-0.1, -0.05) is 12.2 Å². The van der Waals surface area contributed by atoms with Crippen LogP contribution in [-0.2, 0) is 9.53 Å². The van der Waals surface area contributed by atoms with Crippen LogP contribution in [0.25, 0.3) is 0 Å². The average Bonchev–Trinajstić information content (AvgIpc) is 2.36. The van der Waals surface area contributed by atoms with Crippen molar-refractivity contribution in [3.8, 4) is 0 Å². The predicted molar refractivity (Wildman–Crippen MR) is 67.4 cm³/mol. The largest absolute Gasteiger partial charge is 0.466 e. The molecule has 0 aromatic rings. The van der Waals surface area contributed by atoms with Gasteiger partial charge >= 0.3 is 5.97 Å². The zero-order chi connectivity index (χ0) is 12.1. The molecule has 0 aromatic carbocycles. The van der Waals surface area contributed by atoms with Gasteiger partial charge in [0.2, 0.25) is 0 Å². The summed E-state index contributed by atoms with van der Waals surface area (Å²) in [5.41, 5.74) is 1.42. The number of rotatable bonds is 4. The molecule has 0 aromatic heterocycles. The topological polar surface area (TPSA) is 29.5 Å². The van der Waals surface area contributed by atoms with Crippen molar-refractivity contribution in [3.05, 3.63) is 23.9 Å². The summed E-state index contributed by atoms with van der Waals surface area (Å²) in [6.45, 7) is 4.21. The fourth-order valence-corrected chi connectivity index (χ4v) is 2.65. The number of nitrogens with zero attached hydrogens (tertiary/aromatic N) is 1. The number of allylic oxidation sites excluding steroid dienone is 4. The predicted octanol–water partition coefficient (Wildman–Crippen LogP) is 2.50. The SMILES string of the molecule is CCOC(=O)CCN1CCCC2CC=CC=C21. The Labute approximate surface area is 103 Å². The molecule has 0 N–H and O–H groups in total. The van der Waals surface area contributed by atoms with Crippen molar-refractivity contribution in [1.82, 2.24) is 4.90 Å². The van der Waals surface area contributed by atoms with E-state index < -0.39 is 0 Å². The van der Waals surface area contributed by atoms with Gasteiger partial charge in [-0.25, -0.2) is 0 Å². The zero-order valence-electron chi connectivity index (χ0n) is 10.5. The maximum Gasteiger partial charge on any atom is 0.307 e. The van der Waals surface area contributed by atoms with Crippen molar-refractivity contribution in [3.63, 3.8) is 0 Å². The van der Waals surface area contributed by atoms with Crippen molar-refractivity contribution in [2.45, 2.75) is 32.6 Å². The average molecular weight is 235 g/mol. The molecule has 1 heterocycles. The number of ether oxygens (including phenoxy) is 1. The van der Waals surface area contributed by atoms with E-state index in [1.165, 1.54) is 18.5 Å². The Kier molecular flexibility index (Phi) is 4.24. The number of esters is 1. The number of hydrogen-bond donors (Lipinski definition) is 0. The van der Waals surface area contributed by atoms with Crippen LogP contribution in [0, 0.1) is 5.92 Å². The standard InChI is InChI=1S/C14H21NO2/c1-2-17-14(16)9-11-15-10-5-7-12-6-3-4-8-13(12)15/h3-4,8,12H,2,5-7,9-11H2,1H3. The molecule has 1 aliphatic heterocycles. The molecule has 1 atom stereocenters. The lowest BCUT2D eigenvalue weighted by atomic mass is 9.88. The second kappa shape index (κ2) is 5.89. The van der Waals surface area contributed by atoms with Crippen molar-refractivity contribution < 1.29 is 9.53 Å². The fraction of sp³-hybridized carbons (Fsp3) is 0.643. The third kappa shape index (κ3) is 3.11. The van der Waals surface area contributed by atoms with Gasteiger partial charge in [0.1, 0.15) is 0 Å². The lowest BCUT2D eigenvalue weighted by Gasteiger charge is -2.38. The maximum absolute atomic E-state index is 11.4. The van der Waals surface area contributed by atoms with Gasteiger partial charge in [0, 0.05) is 24.7 Å². The van der Waals surface area contributed by atoms with Gasteiger partial charge in [0.15, 0.2) is 0 Å². The first-order chi connectivity index (χ1) is 8.31. The highest BCUT2D eigenvalue weighted by Crippen LogP contribution is 2.32. The first-order valence-electron chi connectivity index (χ1n) is 6.58. The number of carbonyl (C=O) groups excluding carboxylic acids is 1. The molecule has 3 nitrogen and oxygen atoms in total. The van der Waals surface area contributed by atoms with Gasteiger partial charge in [0.05, 0.1) is 13.0 Å². The van der Waals surface area contributed by atoms with E-state index in [9.17, 15) is 4.79 Å². The van der Waals surface area contributed by atoms with Gasteiger partial charge < -0.3 is 9.64 Å². The summed E-state index contributed by atoms with van der Waals surface area (Å²) in [5, 5.41) is 0. The number of fused-ring (bicyclic) bond motifs is 1. The lowest BCUT2D eigenvalue weighted by molar-refractivity contribution is -0.143. The Morgan fingerprint density at radius 1 is 1.59 bits per heavy atom. The Morgan fingerprint density at radius 2 is 2.47 bits per heavy atom. The third-order valence-electron chi connectivity index (χ3n) is 3.48. The molecule has 0 radical (unpaired) electrons. The smallest absolute Gasteiger partial charge is 0.307 e. The number of piperidine rings is 1. The molecule has 1 saturated heterocycles. The van der Waals surface area contributed by atoms with E-state index in [0.717, 1.165) is 19.5 Å². The van der Waals surface area contributed by atoms with E-state index in [1.54, 1.807) is 0 Å². The molecule has 0 bridgehead atoms. The summed E-state index contributed by atoms with van der Waals surface area (Å²) >= 11 is 0. The Balaban J connectivity index is 1.89. The van der Waals surface area contributed by atoms with Gasteiger partial charge in [-0.3, -0.25) is 4.79 Å². The molecule has 94 valence electrons. The normalized spacial score (nSPS) is 23.0. The Bertz CT molecular complexity index is 333. The summed E-state index contributed by atoms with van der Waals surface area (Å²) in [6, 6.07) is 0. The van der Waals surface area contributed by atoms with E-state index in [2.05, 4.69) is 23.1 Å². The fourth-order valence-electron chi connectivity index (χ4n) is 2.65. The molecule has 1 unspecified atom stereocenters. The lowest BCUT2D eigenvalue weighted by Crippen LogP contribution is -2.35. The molecular formula is C14H21NO2. The second-order valence-electron chi connectivity index (χ2n) is 4.64. The van der Waals surface area contributed by atoms with Crippen LogP contribution in [0.2, 0.25) is 0 Å². The molecule has 1 fully saturated rings. The van der Waals surface area contributed by atoms with Crippen LogP contribution in [0.3, 0.4) is 0 Å². The van der Waals surface area contributed by atoms with Crippen molar-refractivity contribution >= 4 is 5.97 Å². The van der Waals surface area contributed by atoms with Crippen LogP contribution in [0.1, 0.15) is 32.6 Å². The highest BCUT2D eigenvalue weighted by atomic mass is 16.5. The van der Waals surface area contributed by atoms with Crippen molar-refractivity contribution in [2.24, 2.45) is 5.92 Å². The summed E-state index contributed by atoms with van der Waals surface area (Å²) in [7, 11) is 0. The minimum Gasteiger partial charge on any atom is -0.466 e. The zero-order valence-corrected chi connectivity index (χ0v) is 10.5. The number of likely N-dealkylation sites (tertiary alicyclic amines) is 1. The van der Waals surface area contributed by atoms with Crippen LogP contribution >= 0.6 is 0 Å². The van der Waals surface area contributed by atoms with Crippen LogP contribution < -0.4 is 0 Å². The summed E-state index contributed by atoms with van der Waals surface area (Å²) in [5.74, 6) is 0.595. The molecule has 0 saturated carbocycles. The quantitative estimate of drug-likeness (QED) is 0.701. The number of carbonyl (C=O) groups is 1. The highest BCUT2D eigenvalue weighted by molar-refractivity contribution is 5.69. The first kappa shape index (κ1) is 12.2. The molecule has 17 heavy (non-hydrogen) atoms. The van der Waals surface area contributed by atoms with Gasteiger partial charge in [0.25, 0.3) is 0 Å². The van der Waals surface area contributed by atoms with Crippen LogP contribution in [-0.4, -0.2) is 30.6 Å². The van der Waals surface area contributed by atoms with E-state index in [0.29, 0.717) is 18.9 Å². The van der Waals surface area contributed by atoms with E-state index >= 15 is 0 Å². The molecule has 0 spiro atoms. The van der Waals surface area contributed by atoms with Crippen LogP contribution in [0.15, 0.2) is 23.9 Å². The number of hydrogen-bond acceptors (Lipinski definition) is 3. The van der Waals surface area contributed by atoms with E-state index in [1.807, 2.05) is 6.92 Å². The van der Waals surface area contributed by atoms with Gasteiger partial charge in [-0.2, -0.15) is 0 Å². The monoisotopic (exact) mass is 235 g/mol. The van der Waals surface area contributed by atoms with E-state index in [4.69, 9.17) is 4.74 Å². The van der Waals surface area contributed by atoms with Crippen LogP contribution in [0.4, 0.5) is 0 Å². The maximum atomic E-state index is 11.4. The van der Waals surface area contributed by atoms with Gasteiger partial charge in [-0.15, -0.1) is 0 Å². The van der Waals surface area contributed by atoms with Crippen LogP contribution in [0.5, 0.6) is 0 Å². The first-order valence-corrected chi connectivity index (χ1v) is 6.58. The Morgan fingerprint density at radius 3 is 3.29 bits per heavy atom. The van der Waals surface area contributed by atoms with E-state index in [-0.39, 0.29) is 5.97 Å². The summed E-state index contributed by atoms with van der Waals surface area (Å²) in [4.78, 5) is 13.7. The molecule has 1 aliphatic carbocycles. The summed E-state index contributed by atoms with van der Waals surface area (Å²) < 4.78 is 4.97. The van der Waals surface area contributed by atoms with Crippen molar-refractivity contribution in [2.75, 3.05) is 19.7 Å². The highest BCUT2D eigenvalue weighted by Gasteiger charge is 2.25. The molecule has 2 rings (SSSR count). The third-order valence-corrected chi connectivity index (χ3v) is 3.48. The molecule has 2 aliphatic rings. The van der Waals surface area contributed by atoms with Crippen molar-refractivity contribution in [1.29, 1.82) is 0 Å². The van der Waals surface area contributed by atoms with Gasteiger partial charge in [-0.05, 0) is 32.3 Å².